The number of aliphatic hydroxyl groups excluding tert-OH is 1. The Kier molecular flexibility index (Phi) is 15.6. The number of benzene rings is 3. The predicted octanol–water partition coefficient (Wildman–Crippen LogP) is 2.98. The van der Waals surface area contributed by atoms with E-state index in [9.17, 15) is 33.9 Å². The van der Waals surface area contributed by atoms with Gasteiger partial charge in [0.25, 0.3) is 0 Å². The number of hydrogen-bond acceptors (Lipinski definition) is 9. The number of fused-ring (bicyclic) bond motifs is 2. The summed E-state index contributed by atoms with van der Waals surface area (Å²) < 4.78 is 0. The van der Waals surface area contributed by atoms with Crippen LogP contribution >= 0.6 is 0 Å². The first-order chi connectivity index (χ1) is 27.2. The fourth-order valence-corrected chi connectivity index (χ4v) is 5.97. The second-order valence-corrected chi connectivity index (χ2v) is 14.1. The van der Waals surface area contributed by atoms with Crippen LogP contribution in [0.25, 0.3) is 5.84 Å². The van der Waals surface area contributed by atoms with Crippen LogP contribution in [0.4, 0.5) is 11.4 Å². The summed E-state index contributed by atoms with van der Waals surface area (Å²) in [5.41, 5.74) is 4.67. The van der Waals surface area contributed by atoms with Crippen molar-refractivity contribution < 1.29 is 33.9 Å². The molecule has 16 heteroatoms. The molecule has 1 aliphatic heterocycles. The molecule has 0 aromatic heterocycles. The summed E-state index contributed by atoms with van der Waals surface area (Å²) in [5, 5.41) is 25.8. The Labute approximate surface area is 331 Å². The van der Waals surface area contributed by atoms with E-state index in [1.807, 2.05) is 50.2 Å². The number of para-hydroxylation sites is 1. The molecular formula is C41H50N9O7-. The molecule has 302 valence electrons. The third kappa shape index (κ3) is 12.0. The third-order valence-corrected chi connectivity index (χ3v) is 8.96. The van der Waals surface area contributed by atoms with Gasteiger partial charge in [0.15, 0.2) is 0 Å². The number of nitrogens with one attached hydrogen (secondary N) is 6. The topological polar surface area (TPSA) is 235 Å². The van der Waals surface area contributed by atoms with Gasteiger partial charge in [0.2, 0.25) is 35.4 Å². The molecule has 0 radical (unpaired) electrons. The Morgan fingerprint density at radius 2 is 1.37 bits per heavy atom. The van der Waals surface area contributed by atoms with Crippen LogP contribution in [-0.4, -0.2) is 83.2 Å². The van der Waals surface area contributed by atoms with Crippen molar-refractivity contribution in [3.05, 3.63) is 101 Å². The highest BCUT2D eigenvalue weighted by Gasteiger charge is 2.29. The van der Waals surface area contributed by atoms with Gasteiger partial charge in [-0.2, -0.15) is 0 Å². The zero-order chi connectivity index (χ0) is 41.6. The number of carbonyl (C=O) groups excluding carboxylic acids is 6. The van der Waals surface area contributed by atoms with E-state index in [1.165, 1.54) is 6.92 Å². The van der Waals surface area contributed by atoms with Crippen molar-refractivity contribution in [2.75, 3.05) is 23.3 Å². The van der Waals surface area contributed by atoms with Crippen molar-refractivity contribution in [1.82, 2.24) is 21.3 Å². The Hall–Kier alpha value is -6.42. The SMILES string of the molecule is CC(C)N=C1C(=N[NH-])c2ccccc2CN(C(=O)CCC(=O)NCC(=O)NCC(=O)N[C@H](C(=O)N[C@@H](C)C(=O)Nc2ccc(CO)cc2)C(C)C)c2ccccc21. The van der Waals surface area contributed by atoms with E-state index >= 15 is 0 Å². The fourth-order valence-electron chi connectivity index (χ4n) is 5.97. The minimum Gasteiger partial charge on any atom is -0.616 e. The lowest BCUT2D eigenvalue weighted by molar-refractivity contribution is -0.132. The van der Waals surface area contributed by atoms with E-state index < -0.39 is 54.7 Å². The molecule has 2 atom stereocenters. The van der Waals surface area contributed by atoms with Crippen LogP contribution < -0.4 is 31.5 Å². The maximum Gasteiger partial charge on any atom is 0.246 e. The van der Waals surface area contributed by atoms with Crippen molar-refractivity contribution >= 4 is 58.2 Å². The quantitative estimate of drug-likeness (QED) is 0.126. The first kappa shape index (κ1) is 43.3. The number of aliphatic hydroxyl groups is 1. The molecule has 0 saturated carbocycles. The molecule has 16 nitrogen and oxygen atoms in total. The highest BCUT2D eigenvalue weighted by molar-refractivity contribution is 6.55. The molecule has 0 saturated heterocycles. The van der Waals surface area contributed by atoms with Gasteiger partial charge in [0.05, 0.1) is 43.4 Å². The Morgan fingerprint density at radius 1 is 0.737 bits per heavy atom. The number of hydrogen-bond donors (Lipinski definition) is 6. The Bertz CT molecular complexity index is 2010. The van der Waals surface area contributed by atoms with Gasteiger partial charge in [0.1, 0.15) is 12.1 Å². The maximum absolute atomic E-state index is 13.8. The fraction of sp³-hybridized carbons (Fsp3) is 0.366. The lowest BCUT2D eigenvalue weighted by Crippen LogP contribution is -2.55. The van der Waals surface area contributed by atoms with Crippen LogP contribution in [0.3, 0.4) is 0 Å². The summed E-state index contributed by atoms with van der Waals surface area (Å²) in [6, 6.07) is 19.1. The van der Waals surface area contributed by atoms with Crippen molar-refractivity contribution in [1.29, 1.82) is 0 Å². The summed E-state index contributed by atoms with van der Waals surface area (Å²) in [4.78, 5) is 83.8. The van der Waals surface area contributed by atoms with Crippen LogP contribution in [-0.2, 0) is 41.9 Å². The molecule has 3 aromatic carbocycles. The first-order valence-electron chi connectivity index (χ1n) is 18.7. The van der Waals surface area contributed by atoms with Crippen LogP contribution in [0, 0.1) is 5.92 Å². The molecule has 7 N–H and O–H groups in total. The molecule has 0 aliphatic carbocycles. The highest BCUT2D eigenvalue weighted by atomic mass is 16.3. The first-order valence-corrected chi connectivity index (χ1v) is 18.7. The lowest BCUT2D eigenvalue weighted by atomic mass is 9.91. The second kappa shape index (κ2) is 20.5. The molecule has 0 spiro atoms. The molecule has 1 aliphatic rings. The number of nitrogens with zero attached hydrogens (tertiary/aromatic N) is 3. The van der Waals surface area contributed by atoms with Crippen LogP contribution in [0.1, 0.15) is 69.7 Å². The van der Waals surface area contributed by atoms with Crippen molar-refractivity contribution in [3.63, 3.8) is 0 Å². The van der Waals surface area contributed by atoms with Crippen molar-refractivity contribution in [2.45, 2.75) is 78.7 Å². The minimum atomic E-state index is -1.01. The smallest absolute Gasteiger partial charge is 0.246 e. The van der Waals surface area contributed by atoms with Crippen molar-refractivity contribution in [3.8, 4) is 0 Å². The van der Waals surface area contributed by atoms with Gasteiger partial charge in [-0.1, -0.05) is 68.4 Å². The molecule has 3 aromatic rings. The summed E-state index contributed by atoms with van der Waals surface area (Å²) in [5.74, 6) is 4.36. The Balaban J connectivity index is 1.27. The summed E-state index contributed by atoms with van der Waals surface area (Å²) in [7, 11) is 0. The average molecular weight is 781 g/mol. The maximum atomic E-state index is 13.8. The van der Waals surface area contributed by atoms with E-state index in [1.54, 1.807) is 55.1 Å². The van der Waals surface area contributed by atoms with Gasteiger partial charge in [-0.3, -0.25) is 33.8 Å². The predicted molar refractivity (Wildman–Crippen MR) is 217 cm³/mol. The van der Waals surface area contributed by atoms with Crippen LogP contribution in [0.5, 0.6) is 0 Å². The number of amides is 6. The standard InChI is InChI=1S/C41H51N9O7/c1-24(2)37(41(57)46-26(5)40(56)47-29-16-14-27(23-51)15-17-29)48-35(54)21-44-34(53)20-43-33(52)18-19-36(55)50-22-28-10-6-7-11-30(28)39(49-42)38(45-25(3)4)31-12-8-9-13-32(31)50/h6-17,24-26,37,51H,18-23H2,1-5H3,(H7,42,43,44,45,46,47,48,52,53,54,56,57)/p-1/t26-,37-/m0/s1. The van der Waals surface area contributed by atoms with Crippen molar-refractivity contribution in [2.24, 2.45) is 16.0 Å². The number of anilines is 2. The lowest BCUT2D eigenvalue weighted by Gasteiger charge is -2.30. The minimum absolute atomic E-state index is 0.126. The van der Waals surface area contributed by atoms with E-state index in [4.69, 9.17) is 10.8 Å². The van der Waals surface area contributed by atoms with E-state index in [2.05, 4.69) is 31.7 Å². The number of rotatable bonds is 15. The molecule has 4 rings (SSSR count). The zero-order valence-corrected chi connectivity index (χ0v) is 32.7. The molecule has 57 heavy (non-hydrogen) atoms. The van der Waals surface area contributed by atoms with Gasteiger partial charge in [-0.25, -0.2) is 0 Å². The second-order valence-electron chi connectivity index (χ2n) is 14.1. The number of aliphatic imine (C=N–C) groups is 1. The summed E-state index contributed by atoms with van der Waals surface area (Å²) in [6.45, 7) is 7.86. The molecule has 1 heterocycles. The normalized spacial score (nSPS) is 14.8. The Morgan fingerprint density at radius 3 is 2.02 bits per heavy atom. The third-order valence-electron chi connectivity index (χ3n) is 8.96. The van der Waals surface area contributed by atoms with E-state index in [-0.39, 0.29) is 43.9 Å². The largest absolute Gasteiger partial charge is 0.616 e. The van der Waals surface area contributed by atoms with Gasteiger partial charge in [-0.05, 0) is 56.0 Å². The molecule has 0 unspecified atom stereocenters. The summed E-state index contributed by atoms with van der Waals surface area (Å²) in [6.07, 6.45) is -0.379. The summed E-state index contributed by atoms with van der Waals surface area (Å²) >= 11 is 0. The van der Waals surface area contributed by atoms with Crippen LogP contribution in [0.2, 0.25) is 0 Å². The molecule has 0 bridgehead atoms. The van der Waals surface area contributed by atoms with Crippen LogP contribution in [0.15, 0.2) is 82.9 Å². The molecule has 6 amide bonds. The highest BCUT2D eigenvalue weighted by Crippen LogP contribution is 2.30. The number of carbonyl (C=O) groups is 6. The average Bonchev–Trinajstić information content (AvgIpc) is 3.19. The van der Waals surface area contributed by atoms with Gasteiger partial charge < -0.3 is 47.5 Å². The monoisotopic (exact) mass is 780 g/mol. The van der Waals surface area contributed by atoms with Gasteiger partial charge in [-0.15, -0.1) is 0 Å². The molecule has 0 fully saturated rings. The van der Waals surface area contributed by atoms with E-state index in [0.29, 0.717) is 39.5 Å². The van der Waals surface area contributed by atoms with Gasteiger partial charge >= 0.3 is 0 Å². The van der Waals surface area contributed by atoms with E-state index in [0.717, 1.165) is 5.56 Å². The molecular weight excluding hydrogens is 731 g/mol. The zero-order valence-electron chi connectivity index (χ0n) is 32.7. The van der Waals surface area contributed by atoms with Gasteiger partial charge in [0, 0.05) is 35.7 Å².